The number of aliphatic hydroxyl groups excluding tert-OH is 1. The number of amides is 1. The normalized spacial score (nSPS) is 12.5. The minimum absolute atomic E-state index is 0.0805. The molecule has 2 N–H and O–H groups in total. The van der Waals surface area contributed by atoms with Crippen LogP contribution in [0.2, 0.25) is 0 Å². The molecule has 0 bridgehead atoms. The highest BCUT2D eigenvalue weighted by Gasteiger charge is 2.11. The molecule has 0 saturated carbocycles. The first-order valence-corrected chi connectivity index (χ1v) is 5.54. The van der Waals surface area contributed by atoms with E-state index in [1.54, 1.807) is 10.6 Å². The summed E-state index contributed by atoms with van der Waals surface area (Å²) in [4.78, 5) is 11.7. The van der Waals surface area contributed by atoms with E-state index in [4.69, 9.17) is 5.11 Å². The fourth-order valence-electron chi connectivity index (χ4n) is 1.17. The van der Waals surface area contributed by atoms with Crippen LogP contribution in [0.5, 0.6) is 0 Å². The van der Waals surface area contributed by atoms with Crippen LogP contribution in [0, 0.1) is 5.92 Å². The van der Waals surface area contributed by atoms with Crippen molar-refractivity contribution in [2.45, 2.75) is 6.92 Å². The van der Waals surface area contributed by atoms with Crippen molar-refractivity contribution in [3.63, 3.8) is 0 Å². The summed E-state index contributed by atoms with van der Waals surface area (Å²) < 4.78 is 2.63. The lowest BCUT2D eigenvalue weighted by Crippen LogP contribution is -2.30. The average Bonchev–Trinajstić information content (AvgIpc) is 2.53. The van der Waals surface area contributed by atoms with E-state index in [-0.39, 0.29) is 18.4 Å². The van der Waals surface area contributed by atoms with E-state index >= 15 is 0 Å². The molecule has 0 aliphatic rings. The predicted octanol–water partition coefficient (Wildman–Crippen LogP) is 1.15. The summed E-state index contributed by atoms with van der Waals surface area (Å²) in [5.74, 6) is -0.0406. The third-order valence-corrected chi connectivity index (χ3v) is 2.56. The monoisotopic (exact) mass is 274 g/mol. The number of rotatable bonds is 4. The molecule has 1 rings (SSSR count). The van der Waals surface area contributed by atoms with E-state index in [1.807, 2.05) is 20.2 Å². The molecular weight excluding hydrogens is 260 g/mol. The van der Waals surface area contributed by atoms with Gasteiger partial charge in [-0.2, -0.15) is 0 Å². The maximum atomic E-state index is 11.7. The number of carbonyl (C=O) groups is 1. The van der Waals surface area contributed by atoms with Crippen LogP contribution in [0.3, 0.4) is 0 Å². The standard InChI is InChI=1S/C10H15BrN2O2/c1-7(6-14)4-12-10(15)9-3-8(11)5-13(9)2/h3,5,7,14H,4,6H2,1-2H3,(H,12,15). The van der Waals surface area contributed by atoms with Gasteiger partial charge in [-0.1, -0.05) is 6.92 Å². The molecule has 1 unspecified atom stereocenters. The molecule has 1 amide bonds. The van der Waals surface area contributed by atoms with Gasteiger partial charge < -0.3 is 15.0 Å². The van der Waals surface area contributed by atoms with Gasteiger partial charge in [-0.15, -0.1) is 0 Å². The molecule has 5 heteroatoms. The first kappa shape index (κ1) is 12.3. The van der Waals surface area contributed by atoms with E-state index in [1.165, 1.54) is 0 Å². The Morgan fingerprint density at radius 1 is 1.73 bits per heavy atom. The van der Waals surface area contributed by atoms with Gasteiger partial charge in [-0.25, -0.2) is 0 Å². The molecule has 0 radical (unpaired) electrons. The van der Waals surface area contributed by atoms with Gasteiger partial charge in [0.2, 0.25) is 0 Å². The quantitative estimate of drug-likeness (QED) is 0.866. The predicted molar refractivity (Wildman–Crippen MR) is 61.7 cm³/mol. The Labute approximate surface area is 97.4 Å². The molecule has 0 saturated heterocycles. The van der Waals surface area contributed by atoms with Crippen molar-refractivity contribution in [2.75, 3.05) is 13.2 Å². The Bertz CT molecular complexity index is 349. The van der Waals surface area contributed by atoms with E-state index in [0.717, 1.165) is 4.47 Å². The molecule has 0 aliphatic heterocycles. The number of aromatic nitrogens is 1. The molecule has 1 heterocycles. The van der Waals surface area contributed by atoms with E-state index < -0.39 is 0 Å². The number of aryl methyl sites for hydroxylation is 1. The van der Waals surface area contributed by atoms with Crippen molar-refractivity contribution >= 4 is 21.8 Å². The lowest BCUT2D eigenvalue weighted by molar-refractivity contribution is 0.0934. The molecule has 4 nitrogen and oxygen atoms in total. The smallest absolute Gasteiger partial charge is 0.267 e. The summed E-state index contributed by atoms with van der Waals surface area (Å²) in [5.41, 5.74) is 0.604. The number of hydrogen-bond donors (Lipinski definition) is 2. The molecule has 1 aromatic rings. The van der Waals surface area contributed by atoms with Crippen LogP contribution in [0.4, 0.5) is 0 Å². The van der Waals surface area contributed by atoms with Crippen LogP contribution in [0.15, 0.2) is 16.7 Å². The highest BCUT2D eigenvalue weighted by Crippen LogP contribution is 2.13. The summed E-state index contributed by atoms with van der Waals surface area (Å²) in [5, 5.41) is 11.6. The van der Waals surface area contributed by atoms with Crippen LogP contribution in [0.25, 0.3) is 0 Å². The first-order chi connectivity index (χ1) is 7.04. The van der Waals surface area contributed by atoms with Gasteiger partial charge in [0, 0.05) is 30.9 Å². The topological polar surface area (TPSA) is 54.3 Å². The maximum Gasteiger partial charge on any atom is 0.267 e. The second-order valence-corrected chi connectivity index (χ2v) is 4.57. The Balaban J connectivity index is 2.58. The Hall–Kier alpha value is -0.810. The molecule has 15 heavy (non-hydrogen) atoms. The Morgan fingerprint density at radius 3 is 2.87 bits per heavy atom. The second kappa shape index (κ2) is 5.32. The average molecular weight is 275 g/mol. The Morgan fingerprint density at radius 2 is 2.40 bits per heavy atom. The van der Waals surface area contributed by atoms with Crippen LogP contribution in [-0.4, -0.2) is 28.7 Å². The summed E-state index contributed by atoms with van der Waals surface area (Å²) in [7, 11) is 1.81. The van der Waals surface area contributed by atoms with Gasteiger partial charge in [-0.05, 0) is 27.9 Å². The van der Waals surface area contributed by atoms with Crippen LogP contribution in [-0.2, 0) is 7.05 Å². The highest BCUT2D eigenvalue weighted by atomic mass is 79.9. The molecule has 1 aromatic heterocycles. The van der Waals surface area contributed by atoms with Gasteiger partial charge >= 0.3 is 0 Å². The van der Waals surface area contributed by atoms with E-state index in [0.29, 0.717) is 12.2 Å². The SMILES string of the molecule is CC(CO)CNC(=O)c1cc(Br)cn1C. The number of nitrogens with one attached hydrogen (secondary N) is 1. The fraction of sp³-hybridized carbons (Fsp3) is 0.500. The number of halogens is 1. The zero-order valence-corrected chi connectivity index (χ0v) is 10.4. The van der Waals surface area contributed by atoms with Gasteiger partial charge in [0.1, 0.15) is 5.69 Å². The van der Waals surface area contributed by atoms with Gasteiger partial charge in [0.15, 0.2) is 0 Å². The zero-order chi connectivity index (χ0) is 11.4. The molecule has 0 fully saturated rings. The van der Waals surface area contributed by atoms with Crippen molar-refractivity contribution in [3.05, 3.63) is 22.4 Å². The number of hydrogen-bond acceptors (Lipinski definition) is 2. The van der Waals surface area contributed by atoms with Crippen LogP contribution < -0.4 is 5.32 Å². The fourth-order valence-corrected chi connectivity index (χ4v) is 1.70. The van der Waals surface area contributed by atoms with Crippen molar-refractivity contribution in [2.24, 2.45) is 13.0 Å². The zero-order valence-electron chi connectivity index (χ0n) is 8.83. The van der Waals surface area contributed by atoms with Crippen molar-refractivity contribution in [1.82, 2.24) is 9.88 Å². The van der Waals surface area contributed by atoms with Gasteiger partial charge in [0.25, 0.3) is 5.91 Å². The summed E-state index contributed by atoms with van der Waals surface area (Å²) in [6, 6.07) is 1.76. The minimum Gasteiger partial charge on any atom is -0.396 e. The maximum absolute atomic E-state index is 11.7. The third kappa shape index (κ3) is 3.35. The number of carbonyl (C=O) groups excluding carboxylic acids is 1. The van der Waals surface area contributed by atoms with E-state index in [2.05, 4.69) is 21.2 Å². The molecule has 0 spiro atoms. The second-order valence-electron chi connectivity index (χ2n) is 3.65. The van der Waals surface area contributed by atoms with Crippen molar-refractivity contribution in [3.8, 4) is 0 Å². The Kier molecular flexibility index (Phi) is 4.35. The minimum atomic E-state index is -0.122. The molecule has 0 aliphatic carbocycles. The molecular formula is C10H15BrN2O2. The largest absolute Gasteiger partial charge is 0.396 e. The molecule has 0 aromatic carbocycles. The third-order valence-electron chi connectivity index (χ3n) is 2.13. The number of nitrogens with zero attached hydrogens (tertiary/aromatic N) is 1. The van der Waals surface area contributed by atoms with Crippen LogP contribution in [0.1, 0.15) is 17.4 Å². The summed E-state index contributed by atoms with van der Waals surface area (Å²) in [6.07, 6.45) is 1.82. The van der Waals surface area contributed by atoms with Crippen molar-refractivity contribution in [1.29, 1.82) is 0 Å². The van der Waals surface area contributed by atoms with Crippen molar-refractivity contribution < 1.29 is 9.90 Å². The lowest BCUT2D eigenvalue weighted by Gasteiger charge is -2.09. The number of aliphatic hydroxyl groups is 1. The molecule has 84 valence electrons. The summed E-state index contributed by atoms with van der Waals surface area (Å²) >= 11 is 3.30. The van der Waals surface area contributed by atoms with Crippen LogP contribution >= 0.6 is 15.9 Å². The highest BCUT2D eigenvalue weighted by molar-refractivity contribution is 9.10. The first-order valence-electron chi connectivity index (χ1n) is 4.75. The lowest BCUT2D eigenvalue weighted by atomic mass is 10.2. The summed E-state index contributed by atoms with van der Waals surface area (Å²) in [6.45, 7) is 2.44. The molecule has 1 atom stereocenters. The van der Waals surface area contributed by atoms with E-state index in [9.17, 15) is 4.79 Å². The van der Waals surface area contributed by atoms with Gasteiger partial charge in [0.05, 0.1) is 0 Å². The van der Waals surface area contributed by atoms with Gasteiger partial charge in [-0.3, -0.25) is 4.79 Å².